The lowest BCUT2D eigenvalue weighted by molar-refractivity contribution is -0.132. The molecule has 0 saturated carbocycles. The number of likely N-dealkylation sites (tertiary alicyclic amines) is 1. The first-order chi connectivity index (χ1) is 14.2. The predicted molar refractivity (Wildman–Crippen MR) is 109 cm³/mol. The number of nitrogens with zero attached hydrogens (tertiary/aromatic N) is 3. The molecule has 0 bridgehead atoms. The third-order valence-corrected chi connectivity index (χ3v) is 6.58. The molecule has 3 rings (SSSR count). The molecule has 1 fully saturated rings. The fourth-order valence-corrected chi connectivity index (χ4v) is 4.32. The molecule has 0 spiro atoms. The molecule has 1 saturated heterocycles. The number of piperidine rings is 1. The molecule has 2 aliphatic rings. The van der Waals surface area contributed by atoms with Crippen molar-refractivity contribution in [3.63, 3.8) is 0 Å². The summed E-state index contributed by atoms with van der Waals surface area (Å²) in [6.45, 7) is 0.624. The maximum absolute atomic E-state index is 13.1. The number of nitrogens with two attached hydrogens (primary N) is 1. The minimum atomic E-state index is -4.13. The second kappa shape index (κ2) is 8.34. The van der Waals surface area contributed by atoms with Crippen LogP contribution in [0.5, 0.6) is 11.5 Å². The number of carbonyl (C=O) groups excluding carboxylic acids is 2. The average molecular weight is 436 g/mol. The summed E-state index contributed by atoms with van der Waals surface area (Å²) >= 11 is 0. The highest BCUT2D eigenvalue weighted by atomic mass is 32.2. The summed E-state index contributed by atoms with van der Waals surface area (Å²) in [6.07, 6.45) is 2.30. The highest BCUT2D eigenvalue weighted by Gasteiger charge is 2.35. The molecule has 0 aliphatic carbocycles. The number of ether oxygens (including phenoxy) is 2. The zero-order valence-electron chi connectivity index (χ0n) is 17.0. The summed E-state index contributed by atoms with van der Waals surface area (Å²) in [4.78, 5) is 26.0. The van der Waals surface area contributed by atoms with Gasteiger partial charge in [0.25, 0.3) is 5.91 Å². The largest absolute Gasteiger partial charge is 0.497 e. The van der Waals surface area contributed by atoms with Gasteiger partial charge in [0.2, 0.25) is 5.91 Å². The lowest BCUT2D eigenvalue weighted by Crippen LogP contribution is -2.45. The van der Waals surface area contributed by atoms with Crippen molar-refractivity contribution < 1.29 is 27.5 Å². The molecule has 11 heteroatoms. The molecule has 30 heavy (non-hydrogen) atoms. The topological polar surface area (TPSA) is 132 Å². The van der Waals surface area contributed by atoms with Gasteiger partial charge in [-0.1, -0.05) is 0 Å². The van der Waals surface area contributed by atoms with Gasteiger partial charge in [0.15, 0.2) is 0 Å². The summed E-state index contributed by atoms with van der Waals surface area (Å²) in [5.74, 6) is -0.259. The average Bonchev–Trinajstić information content (AvgIpc) is 2.74. The zero-order valence-corrected chi connectivity index (χ0v) is 17.8. The third kappa shape index (κ3) is 4.11. The number of amides is 2. The first kappa shape index (κ1) is 21.6. The van der Waals surface area contributed by atoms with Crippen molar-refractivity contribution in [1.82, 2.24) is 9.21 Å². The van der Waals surface area contributed by atoms with E-state index in [9.17, 15) is 18.0 Å². The Morgan fingerprint density at radius 2 is 1.83 bits per heavy atom. The minimum Gasteiger partial charge on any atom is -0.497 e. The Kier molecular flexibility index (Phi) is 6.01. The van der Waals surface area contributed by atoms with Crippen LogP contribution in [0.3, 0.4) is 0 Å². The van der Waals surface area contributed by atoms with Gasteiger partial charge in [-0.05, 0) is 37.1 Å². The maximum Gasteiger partial charge on any atom is 0.345 e. The van der Waals surface area contributed by atoms with Crippen LogP contribution >= 0.6 is 0 Å². The van der Waals surface area contributed by atoms with E-state index in [0.717, 1.165) is 4.31 Å². The minimum absolute atomic E-state index is 0.0394. The highest BCUT2D eigenvalue weighted by molar-refractivity contribution is 7.88. The molecular formula is C19H24N4O6S. The van der Waals surface area contributed by atoms with Crippen LogP contribution in [0.15, 0.2) is 34.4 Å². The monoisotopic (exact) mass is 436 g/mol. The molecule has 1 aromatic rings. The Morgan fingerprint density at radius 3 is 2.40 bits per heavy atom. The second-order valence-electron chi connectivity index (χ2n) is 6.99. The Balaban J connectivity index is 1.98. The van der Waals surface area contributed by atoms with Gasteiger partial charge in [0, 0.05) is 31.6 Å². The number of carbonyl (C=O) groups is 2. The Hall–Kier alpha value is -3.08. The van der Waals surface area contributed by atoms with E-state index in [1.54, 1.807) is 18.2 Å². The third-order valence-electron chi connectivity index (χ3n) is 5.26. The lowest BCUT2D eigenvalue weighted by Gasteiger charge is -2.33. The Morgan fingerprint density at radius 1 is 1.17 bits per heavy atom. The van der Waals surface area contributed by atoms with Crippen LogP contribution in [0, 0.1) is 5.92 Å². The van der Waals surface area contributed by atoms with Crippen molar-refractivity contribution in [3.05, 3.63) is 35.5 Å². The van der Waals surface area contributed by atoms with Crippen molar-refractivity contribution in [3.8, 4) is 11.5 Å². The summed E-state index contributed by atoms with van der Waals surface area (Å²) in [5.41, 5.74) is 5.75. The summed E-state index contributed by atoms with van der Waals surface area (Å²) in [6, 6.07) is 4.89. The van der Waals surface area contributed by atoms with Crippen molar-refractivity contribution in [2.24, 2.45) is 16.0 Å². The molecule has 0 atom stereocenters. The summed E-state index contributed by atoms with van der Waals surface area (Å²) in [5, 5.41) is 0. The molecule has 1 aromatic carbocycles. The van der Waals surface area contributed by atoms with E-state index >= 15 is 0 Å². The SMILES string of the molecule is COc1ccc(OC)c(C2=NS(=O)(=O)N(C)C(C(=O)N3CCC(C(N)=O)CC3)=C2)c1. The normalized spacial score (nSPS) is 19.0. The maximum atomic E-state index is 13.1. The summed E-state index contributed by atoms with van der Waals surface area (Å²) in [7, 11) is 0.0885. The molecule has 2 amide bonds. The fraction of sp³-hybridized carbons (Fsp3) is 0.421. The molecule has 0 unspecified atom stereocenters. The molecule has 2 N–H and O–H groups in total. The Labute approximate surface area is 175 Å². The quantitative estimate of drug-likeness (QED) is 0.706. The van der Waals surface area contributed by atoms with Crippen molar-refractivity contribution in [2.75, 3.05) is 34.4 Å². The van der Waals surface area contributed by atoms with E-state index in [1.165, 1.54) is 32.2 Å². The van der Waals surface area contributed by atoms with Gasteiger partial charge in [-0.15, -0.1) is 4.40 Å². The number of allylic oxidation sites excluding steroid dienone is 1. The van der Waals surface area contributed by atoms with Crippen LogP contribution < -0.4 is 15.2 Å². The van der Waals surface area contributed by atoms with E-state index in [1.807, 2.05) is 0 Å². The number of likely N-dealkylation sites (N-methyl/N-ethyl adjacent to an activating group) is 1. The summed E-state index contributed by atoms with van der Waals surface area (Å²) < 4.78 is 40.5. The van der Waals surface area contributed by atoms with Crippen molar-refractivity contribution in [2.45, 2.75) is 12.8 Å². The van der Waals surface area contributed by atoms with Crippen LogP contribution in [-0.2, 0) is 19.8 Å². The van der Waals surface area contributed by atoms with Crippen LogP contribution in [0.2, 0.25) is 0 Å². The van der Waals surface area contributed by atoms with E-state index < -0.39 is 22.0 Å². The molecule has 0 aromatic heterocycles. The van der Waals surface area contributed by atoms with E-state index in [-0.39, 0.29) is 17.3 Å². The van der Waals surface area contributed by atoms with Crippen LogP contribution in [0.25, 0.3) is 0 Å². The first-order valence-corrected chi connectivity index (χ1v) is 10.7. The van der Waals surface area contributed by atoms with Gasteiger partial charge in [-0.25, -0.2) is 4.31 Å². The van der Waals surface area contributed by atoms with E-state index in [2.05, 4.69) is 4.40 Å². The first-order valence-electron chi connectivity index (χ1n) is 9.29. The number of methoxy groups -OCH3 is 2. The lowest BCUT2D eigenvalue weighted by atomic mass is 9.96. The number of primary amides is 1. The Bertz CT molecular complexity index is 1030. The fourth-order valence-electron chi connectivity index (χ4n) is 3.42. The molecule has 2 heterocycles. The van der Waals surface area contributed by atoms with Gasteiger partial charge < -0.3 is 20.1 Å². The van der Waals surface area contributed by atoms with Crippen LogP contribution in [0.1, 0.15) is 18.4 Å². The highest BCUT2D eigenvalue weighted by Crippen LogP contribution is 2.29. The predicted octanol–water partition coefficient (Wildman–Crippen LogP) is 0.291. The van der Waals surface area contributed by atoms with Crippen molar-refractivity contribution in [1.29, 1.82) is 0 Å². The van der Waals surface area contributed by atoms with Gasteiger partial charge in [0.1, 0.15) is 17.2 Å². The number of hydrogen-bond donors (Lipinski definition) is 1. The molecule has 0 radical (unpaired) electrons. The van der Waals surface area contributed by atoms with E-state index in [0.29, 0.717) is 43.0 Å². The molecule has 10 nitrogen and oxygen atoms in total. The smallest absolute Gasteiger partial charge is 0.345 e. The van der Waals surface area contributed by atoms with Gasteiger partial charge in [-0.2, -0.15) is 8.42 Å². The molecule has 2 aliphatic heterocycles. The molecular weight excluding hydrogens is 412 g/mol. The van der Waals surface area contributed by atoms with Crippen LogP contribution in [0.4, 0.5) is 0 Å². The molecule has 162 valence electrons. The number of rotatable bonds is 5. The van der Waals surface area contributed by atoms with Crippen molar-refractivity contribution >= 4 is 27.7 Å². The van der Waals surface area contributed by atoms with Crippen LogP contribution in [-0.4, -0.2) is 69.5 Å². The second-order valence-corrected chi connectivity index (χ2v) is 8.61. The number of hydrogen-bond acceptors (Lipinski definition) is 6. The standard InChI is InChI=1S/C19H24N4O6S/c1-22-16(19(25)23-8-6-12(7-9-23)18(20)24)11-15(21-30(22,26)27)14-10-13(28-2)4-5-17(14)29-3/h4-5,10-12H,6-9H2,1-3H3,(H2,20,24). The number of benzene rings is 1. The zero-order chi connectivity index (χ0) is 22.1. The van der Waals surface area contributed by atoms with Gasteiger partial charge >= 0.3 is 10.2 Å². The van der Waals surface area contributed by atoms with Gasteiger partial charge in [-0.3, -0.25) is 9.59 Å². The van der Waals surface area contributed by atoms with E-state index in [4.69, 9.17) is 15.2 Å². The van der Waals surface area contributed by atoms with Gasteiger partial charge in [0.05, 0.1) is 19.9 Å².